The minimum Gasteiger partial charge on any atom is -0.436 e. The Morgan fingerprint density at radius 3 is 2.86 bits per heavy atom. The number of para-hydroxylation sites is 2. The van der Waals surface area contributed by atoms with Gasteiger partial charge in [0.05, 0.1) is 5.56 Å². The van der Waals surface area contributed by atoms with Gasteiger partial charge < -0.3 is 9.40 Å². The third kappa shape index (κ3) is 1.03. The summed E-state index contributed by atoms with van der Waals surface area (Å²) in [4.78, 5) is 7.34. The van der Waals surface area contributed by atoms with Crippen LogP contribution in [0.25, 0.3) is 22.6 Å². The van der Waals surface area contributed by atoms with Crippen molar-refractivity contribution in [2.45, 2.75) is 0 Å². The smallest absolute Gasteiger partial charge is 0.228 e. The van der Waals surface area contributed by atoms with E-state index in [1.807, 2.05) is 42.7 Å². The zero-order chi connectivity index (χ0) is 9.38. The van der Waals surface area contributed by atoms with E-state index in [0.29, 0.717) is 5.89 Å². The molecule has 0 aliphatic heterocycles. The van der Waals surface area contributed by atoms with Crippen LogP contribution in [0.4, 0.5) is 0 Å². The predicted molar refractivity (Wildman–Crippen MR) is 53.8 cm³/mol. The Balaban J connectivity index is 2.24. The second-order valence-electron chi connectivity index (χ2n) is 3.09. The number of nitrogens with zero attached hydrogens (tertiary/aromatic N) is 1. The third-order valence-corrected chi connectivity index (χ3v) is 2.14. The molecule has 0 radical (unpaired) electrons. The first-order valence-corrected chi connectivity index (χ1v) is 4.42. The van der Waals surface area contributed by atoms with Crippen molar-refractivity contribution in [2.75, 3.05) is 0 Å². The lowest BCUT2D eigenvalue weighted by atomic mass is 10.3. The molecule has 0 bridgehead atoms. The van der Waals surface area contributed by atoms with E-state index in [1.54, 1.807) is 0 Å². The van der Waals surface area contributed by atoms with Crippen LogP contribution in [0.1, 0.15) is 0 Å². The number of nitrogens with one attached hydrogen (secondary N) is 1. The highest BCUT2D eigenvalue weighted by Gasteiger charge is 2.06. The number of H-pyrrole nitrogens is 1. The maximum atomic E-state index is 5.58. The number of benzene rings is 1. The van der Waals surface area contributed by atoms with Crippen LogP contribution in [0.5, 0.6) is 0 Å². The highest BCUT2D eigenvalue weighted by molar-refractivity contribution is 5.75. The maximum Gasteiger partial charge on any atom is 0.228 e. The van der Waals surface area contributed by atoms with Crippen LogP contribution in [0.2, 0.25) is 0 Å². The molecule has 1 aromatic carbocycles. The molecular weight excluding hydrogens is 176 g/mol. The number of hydrogen-bond acceptors (Lipinski definition) is 2. The van der Waals surface area contributed by atoms with Gasteiger partial charge in [-0.15, -0.1) is 0 Å². The lowest BCUT2D eigenvalue weighted by Crippen LogP contribution is -1.70. The summed E-state index contributed by atoms with van der Waals surface area (Å²) in [5.74, 6) is 0.660. The molecule has 0 atom stereocenters. The summed E-state index contributed by atoms with van der Waals surface area (Å²) in [6.45, 7) is 0. The molecule has 0 fully saturated rings. The number of oxazole rings is 1. The van der Waals surface area contributed by atoms with E-state index in [9.17, 15) is 0 Å². The summed E-state index contributed by atoms with van der Waals surface area (Å²) in [6, 6.07) is 9.68. The largest absolute Gasteiger partial charge is 0.436 e. The molecule has 0 saturated carbocycles. The summed E-state index contributed by atoms with van der Waals surface area (Å²) >= 11 is 0. The van der Waals surface area contributed by atoms with Crippen LogP contribution in [0.15, 0.2) is 47.1 Å². The minimum atomic E-state index is 0.660. The van der Waals surface area contributed by atoms with Crippen molar-refractivity contribution in [3.8, 4) is 11.5 Å². The average Bonchev–Trinajstić information content (AvgIpc) is 2.86. The lowest BCUT2D eigenvalue weighted by Gasteiger charge is -1.84. The normalized spacial score (nSPS) is 10.9. The molecule has 2 heterocycles. The Labute approximate surface area is 80.4 Å². The van der Waals surface area contributed by atoms with E-state index in [2.05, 4.69) is 9.97 Å². The molecule has 0 aliphatic rings. The average molecular weight is 184 g/mol. The van der Waals surface area contributed by atoms with E-state index < -0.39 is 0 Å². The number of rotatable bonds is 1. The molecule has 0 aliphatic carbocycles. The molecule has 0 saturated heterocycles. The van der Waals surface area contributed by atoms with Crippen LogP contribution in [-0.4, -0.2) is 9.97 Å². The summed E-state index contributed by atoms with van der Waals surface area (Å²) < 4.78 is 5.58. The fourth-order valence-electron chi connectivity index (χ4n) is 1.45. The summed E-state index contributed by atoms with van der Waals surface area (Å²) in [7, 11) is 0. The van der Waals surface area contributed by atoms with E-state index in [0.717, 1.165) is 16.7 Å². The van der Waals surface area contributed by atoms with Crippen molar-refractivity contribution in [1.29, 1.82) is 0 Å². The Bertz CT molecular complexity index is 518. The van der Waals surface area contributed by atoms with Crippen molar-refractivity contribution in [3.05, 3.63) is 42.7 Å². The summed E-state index contributed by atoms with van der Waals surface area (Å²) in [5.41, 5.74) is 2.69. The van der Waals surface area contributed by atoms with Gasteiger partial charge in [0.25, 0.3) is 0 Å². The highest BCUT2D eigenvalue weighted by Crippen LogP contribution is 2.23. The van der Waals surface area contributed by atoms with E-state index in [-0.39, 0.29) is 0 Å². The Kier molecular flexibility index (Phi) is 1.44. The SMILES string of the molecule is c1ccc2oc(-c3cc[nH]c3)nc2c1. The van der Waals surface area contributed by atoms with Crippen LogP contribution in [0, 0.1) is 0 Å². The summed E-state index contributed by atoms with van der Waals surface area (Å²) in [6.07, 6.45) is 3.72. The Morgan fingerprint density at radius 1 is 1.14 bits per heavy atom. The van der Waals surface area contributed by atoms with Crippen LogP contribution >= 0.6 is 0 Å². The lowest BCUT2D eigenvalue weighted by molar-refractivity contribution is 0.620. The van der Waals surface area contributed by atoms with Crippen molar-refractivity contribution >= 4 is 11.1 Å². The minimum absolute atomic E-state index is 0.660. The van der Waals surface area contributed by atoms with Gasteiger partial charge in [-0.25, -0.2) is 4.98 Å². The number of aromatic amines is 1. The molecule has 0 unspecified atom stereocenters. The molecule has 3 rings (SSSR count). The molecule has 68 valence electrons. The molecule has 3 nitrogen and oxygen atoms in total. The molecule has 0 amide bonds. The number of hydrogen-bond donors (Lipinski definition) is 1. The molecule has 1 N–H and O–H groups in total. The standard InChI is InChI=1S/C11H8N2O/c1-2-4-10-9(3-1)13-11(14-10)8-5-6-12-7-8/h1-7,12H. The van der Waals surface area contributed by atoms with Crippen molar-refractivity contribution in [1.82, 2.24) is 9.97 Å². The predicted octanol–water partition coefficient (Wildman–Crippen LogP) is 2.82. The molecular formula is C11H8N2O. The molecule has 3 heteroatoms. The van der Waals surface area contributed by atoms with Crippen LogP contribution < -0.4 is 0 Å². The quantitative estimate of drug-likeness (QED) is 0.631. The van der Waals surface area contributed by atoms with Gasteiger partial charge in [0.1, 0.15) is 5.52 Å². The van der Waals surface area contributed by atoms with Gasteiger partial charge in [-0.3, -0.25) is 0 Å². The molecule has 3 aromatic rings. The Morgan fingerprint density at radius 2 is 2.07 bits per heavy atom. The zero-order valence-electron chi connectivity index (χ0n) is 7.40. The zero-order valence-corrected chi connectivity index (χ0v) is 7.40. The van der Waals surface area contributed by atoms with Gasteiger partial charge in [-0.05, 0) is 18.2 Å². The van der Waals surface area contributed by atoms with E-state index in [4.69, 9.17) is 4.42 Å². The van der Waals surface area contributed by atoms with E-state index in [1.165, 1.54) is 0 Å². The first kappa shape index (κ1) is 7.38. The fourth-order valence-corrected chi connectivity index (χ4v) is 1.45. The Hall–Kier alpha value is -2.03. The second-order valence-corrected chi connectivity index (χ2v) is 3.09. The number of aromatic nitrogens is 2. The summed E-state index contributed by atoms with van der Waals surface area (Å²) in [5, 5.41) is 0. The second kappa shape index (κ2) is 2.73. The first-order chi connectivity index (χ1) is 6.93. The van der Waals surface area contributed by atoms with E-state index >= 15 is 0 Å². The van der Waals surface area contributed by atoms with Crippen LogP contribution in [-0.2, 0) is 0 Å². The fraction of sp³-hybridized carbons (Fsp3) is 0. The molecule has 14 heavy (non-hydrogen) atoms. The van der Waals surface area contributed by atoms with Gasteiger partial charge in [0, 0.05) is 12.4 Å². The third-order valence-electron chi connectivity index (χ3n) is 2.14. The van der Waals surface area contributed by atoms with Gasteiger partial charge in [-0.1, -0.05) is 12.1 Å². The van der Waals surface area contributed by atoms with Crippen molar-refractivity contribution in [3.63, 3.8) is 0 Å². The number of fused-ring (bicyclic) bond motifs is 1. The monoisotopic (exact) mass is 184 g/mol. The van der Waals surface area contributed by atoms with Crippen molar-refractivity contribution in [2.24, 2.45) is 0 Å². The van der Waals surface area contributed by atoms with Crippen molar-refractivity contribution < 1.29 is 4.42 Å². The van der Waals surface area contributed by atoms with Crippen LogP contribution in [0.3, 0.4) is 0 Å². The molecule has 0 spiro atoms. The highest BCUT2D eigenvalue weighted by atomic mass is 16.3. The van der Waals surface area contributed by atoms with Gasteiger partial charge in [0.15, 0.2) is 5.58 Å². The molecule has 2 aromatic heterocycles. The van der Waals surface area contributed by atoms with Gasteiger partial charge in [-0.2, -0.15) is 0 Å². The van der Waals surface area contributed by atoms with Gasteiger partial charge >= 0.3 is 0 Å². The first-order valence-electron chi connectivity index (χ1n) is 4.42. The maximum absolute atomic E-state index is 5.58. The topological polar surface area (TPSA) is 41.8 Å². The van der Waals surface area contributed by atoms with Gasteiger partial charge in [0.2, 0.25) is 5.89 Å².